The molecule has 0 unspecified atom stereocenters. The molecule has 5 heteroatoms. The van der Waals surface area contributed by atoms with Crippen LogP contribution in [0.1, 0.15) is 36.8 Å². The highest BCUT2D eigenvalue weighted by molar-refractivity contribution is 5.30. The largest absolute Gasteiger partial charge is 0.419 e. The lowest BCUT2D eigenvalue weighted by Gasteiger charge is -2.23. The lowest BCUT2D eigenvalue weighted by molar-refractivity contribution is -0.140. The smallest absolute Gasteiger partial charge is 0.385 e. The van der Waals surface area contributed by atoms with Gasteiger partial charge in [-0.3, -0.25) is 0 Å². The second-order valence-electron chi connectivity index (χ2n) is 4.43. The van der Waals surface area contributed by atoms with Crippen LogP contribution in [0.25, 0.3) is 0 Å². The molecule has 2 rings (SSSR count). The molecule has 0 spiro atoms. The Kier molecular flexibility index (Phi) is 2.89. The van der Waals surface area contributed by atoms with E-state index in [-0.39, 0.29) is 5.56 Å². The van der Waals surface area contributed by atoms with E-state index in [2.05, 4.69) is 0 Å². The van der Waals surface area contributed by atoms with Gasteiger partial charge in [-0.2, -0.15) is 13.2 Å². The summed E-state index contributed by atoms with van der Waals surface area (Å²) in [4.78, 5) is 0. The molecular weight excluding hydrogens is 236 g/mol. The summed E-state index contributed by atoms with van der Waals surface area (Å²) in [6, 6.07) is 2.66. The highest BCUT2D eigenvalue weighted by atomic mass is 19.4. The third kappa shape index (κ3) is 2.29. The van der Waals surface area contributed by atoms with Crippen molar-refractivity contribution < 1.29 is 22.7 Å². The van der Waals surface area contributed by atoms with Gasteiger partial charge in [-0.05, 0) is 30.5 Å². The summed E-state index contributed by atoms with van der Waals surface area (Å²) >= 11 is 0. The Morgan fingerprint density at radius 2 is 1.71 bits per heavy atom. The van der Waals surface area contributed by atoms with Crippen LogP contribution in [-0.4, -0.2) is 5.11 Å². The van der Waals surface area contributed by atoms with Crippen LogP contribution in [0.2, 0.25) is 0 Å². The first-order valence-corrected chi connectivity index (χ1v) is 5.42. The standard InChI is InChI=1S/C12H12F4O/c13-10-7-8(11(17)5-1-2-6-11)3-4-9(10)12(14,15)16/h3-4,7,17H,1-2,5-6H2. The van der Waals surface area contributed by atoms with E-state index in [9.17, 15) is 22.7 Å². The van der Waals surface area contributed by atoms with E-state index in [4.69, 9.17) is 0 Å². The lowest BCUT2D eigenvalue weighted by atomic mass is 9.91. The molecule has 1 aromatic carbocycles. The molecule has 1 aromatic rings. The Morgan fingerprint density at radius 3 is 2.18 bits per heavy atom. The van der Waals surface area contributed by atoms with Crippen LogP contribution in [0.4, 0.5) is 17.6 Å². The van der Waals surface area contributed by atoms with Crippen molar-refractivity contribution in [2.24, 2.45) is 0 Å². The Hall–Kier alpha value is -1.10. The fourth-order valence-corrected chi connectivity index (χ4v) is 2.28. The van der Waals surface area contributed by atoms with Crippen molar-refractivity contribution in [3.8, 4) is 0 Å². The molecule has 0 saturated heterocycles. The van der Waals surface area contributed by atoms with Gasteiger partial charge in [0.05, 0.1) is 11.2 Å². The van der Waals surface area contributed by atoms with Crippen LogP contribution in [0, 0.1) is 5.82 Å². The average Bonchev–Trinajstić information content (AvgIpc) is 2.64. The van der Waals surface area contributed by atoms with E-state index < -0.39 is 23.2 Å². The van der Waals surface area contributed by atoms with Crippen molar-refractivity contribution in [1.82, 2.24) is 0 Å². The number of hydrogen-bond acceptors (Lipinski definition) is 1. The molecule has 94 valence electrons. The predicted molar refractivity (Wildman–Crippen MR) is 53.8 cm³/mol. The molecule has 0 bridgehead atoms. The Balaban J connectivity index is 2.37. The maximum Gasteiger partial charge on any atom is 0.419 e. The number of aliphatic hydroxyl groups is 1. The summed E-state index contributed by atoms with van der Waals surface area (Å²) < 4.78 is 50.4. The van der Waals surface area contributed by atoms with E-state index in [0.717, 1.165) is 25.0 Å². The topological polar surface area (TPSA) is 20.2 Å². The van der Waals surface area contributed by atoms with Crippen molar-refractivity contribution in [2.75, 3.05) is 0 Å². The van der Waals surface area contributed by atoms with Gasteiger partial charge in [0.15, 0.2) is 0 Å². The first kappa shape index (κ1) is 12.4. The minimum absolute atomic E-state index is 0.237. The summed E-state index contributed by atoms with van der Waals surface area (Å²) in [6.45, 7) is 0. The second kappa shape index (κ2) is 3.98. The molecule has 0 aliphatic heterocycles. The number of halogens is 4. The fraction of sp³-hybridized carbons (Fsp3) is 0.500. The van der Waals surface area contributed by atoms with E-state index >= 15 is 0 Å². The maximum absolute atomic E-state index is 13.3. The van der Waals surface area contributed by atoms with Crippen molar-refractivity contribution in [2.45, 2.75) is 37.5 Å². The van der Waals surface area contributed by atoms with E-state index in [1.165, 1.54) is 0 Å². The van der Waals surface area contributed by atoms with Crippen LogP contribution in [0.5, 0.6) is 0 Å². The molecule has 1 aliphatic carbocycles. The van der Waals surface area contributed by atoms with Gasteiger partial charge in [0.2, 0.25) is 0 Å². The zero-order valence-corrected chi connectivity index (χ0v) is 9.02. The first-order chi connectivity index (χ1) is 7.83. The number of rotatable bonds is 1. The molecule has 0 amide bonds. The maximum atomic E-state index is 13.3. The molecule has 1 fully saturated rings. The summed E-state index contributed by atoms with van der Waals surface area (Å²) in [6.07, 6.45) is -2.14. The minimum atomic E-state index is -4.69. The Morgan fingerprint density at radius 1 is 1.12 bits per heavy atom. The monoisotopic (exact) mass is 248 g/mol. The van der Waals surface area contributed by atoms with Crippen LogP contribution < -0.4 is 0 Å². The molecule has 1 nitrogen and oxygen atoms in total. The van der Waals surface area contributed by atoms with Gasteiger partial charge in [0, 0.05) is 0 Å². The lowest BCUT2D eigenvalue weighted by Crippen LogP contribution is -2.21. The van der Waals surface area contributed by atoms with Crippen LogP contribution >= 0.6 is 0 Å². The highest BCUT2D eigenvalue weighted by Crippen LogP contribution is 2.40. The molecule has 0 aromatic heterocycles. The SMILES string of the molecule is OC1(c2ccc(C(F)(F)F)c(F)c2)CCCC1. The first-order valence-electron chi connectivity index (χ1n) is 5.42. The summed E-state index contributed by atoms with van der Waals surface area (Å²) in [5.74, 6) is -1.32. The average molecular weight is 248 g/mol. The van der Waals surface area contributed by atoms with E-state index in [1.54, 1.807) is 0 Å². The third-order valence-corrected chi connectivity index (χ3v) is 3.24. The summed E-state index contributed by atoms with van der Waals surface area (Å²) in [5, 5.41) is 10.1. The minimum Gasteiger partial charge on any atom is -0.385 e. The molecule has 0 atom stereocenters. The molecule has 17 heavy (non-hydrogen) atoms. The Labute approximate surface area is 96.1 Å². The van der Waals surface area contributed by atoms with Crippen molar-refractivity contribution in [1.29, 1.82) is 0 Å². The predicted octanol–water partition coefficient (Wildman–Crippen LogP) is 3.61. The van der Waals surface area contributed by atoms with Gasteiger partial charge in [-0.25, -0.2) is 4.39 Å². The molecule has 1 saturated carbocycles. The highest BCUT2D eigenvalue weighted by Gasteiger charge is 2.37. The zero-order valence-electron chi connectivity index (χ0n) is 9.02. The van der Waals surface area contributed by atoms with Gasteiger partial charge in [-0.15, -0.1) is 0 Å². The normalized spacial score (nSPS) is 19.6. The molecular formula is C12H12F4O. The molecule has 0 heterocycles. The van der Waals surface area contributed by atoms with Crippen LogP contribution in [-0.2, 0) is 11.8 Å². The Bertz CT molecular complexity index is 419. The summed E-state index contributed by atoms with van der Waals surface area (Å²) in [7, 11) is 0. The van der Waals surface area contributed by atoms with Gasteiger partial charge in [0.1, 0.15) is 5.82 Å². The van der Waals surface area contributed by atoms with Crippen molar-refractivity contribution in [3.05, 3.63) is 35.1 Å². The zero-order chi connectivity index (χ0) is 12.7. The molecule has 1 aliphatic rings. The van der Waals surface area contributed by atoms with Crippen LogP contribution in [0.15, 0.2) is 18.2 Å². The van der Waals surface area contributed by atoms with Gasteiger partial charge >= 0.3 is 6.18 Å². The van der Waals surface area contributed by atoms with E-state index in [0.29, 0.717) is 18.9 Å². The van der Waals surface area contributed by atoms with Gasteiger partial charge < -0.3 is 5.11 Å². The quantitative estimate of drug-likeness (QED) is 0.753. The number of hydrogen-bond donors (Lipinski definition) is 1. The van der Waals surface area contributed by atoms with Gasteiger partial charge in [-0.1, -0.05) is 18.9 Å². The van der Waals surface area contributed by atoms with Crippen molar-refractivity contribution in [3.63, 3.8) is 0 Å². The van der Waals surface area contributed by atoms with Crippen molar-refractivity contribution >= 4 is 0 Å². The number of alkyl halides is 3. The van der Waals surface area contributed by atoms with Crippen LogP contribution in [0.3, 0.4) is 0 Å². The molecule has 0 radical (unpaired) electrons. The number of benzene rings is 1. The second-order valence-corrected chi connectivity index (χ2v) is 4.43. The third-order valence-electron chi connectivity index (χ3n) is 3.24. The fourth-order valence-electron chi connectivity index (χ4n) is 2.28. The van der Waals surface area contributed by atoms with Gasteiger partial charge in [0.25, 0.3) is 0 Å². The summed E-state index contributed by atoms with van der Waals surface area (Å²) in [5.41, 5.74) is -2.21. The van der Waals surface area contributed by atoms with E-state index in [1.807, 2.05) is 0 Å². The molecule has 1 N–H and O–H groups in total.